The second-order valence-electron chi connectivity index (χ2n) is 6.31. The molecule has 0 bridgehead atoms. The van der Waals surface area contributed by atoms with E-state index in [1.54, 1.807) is 16.7 Å². The van der Waals surface area contributed by atoms with Crippen molar-refractivity contribution in [3.63, 3.8) is 0 Å². The molecule has 1 fully saturated rings. The molecule has 3 rings (SSSR count). The molecule has 1 saturated heterocycles. The molecule has 0 aliphatic carbocycles. The van der Waals surface area contributed by atoms with Crippen LogP contribution in [0.1, 0.15) is 31.7 Å². The summed E-state index contributed by atoms with van der Waals surface area (Å²) in [7, 11) is 0. The van der Waals surface area contributed by atoms with Gasteiger partial charge in [0.05, 0.1) is 5.92 Å². The molecule has 0 radical (unpaired) electrons. The molecule has 8 heteroatoms. The minimum atomic E-state index is -0.371. The molecule has 2 aromatic rings. The lowest BCUT2D eigenvalue weighted by Crippen LogP contribution is -2.28. The van der Waals surface area contributed by atoms with Gasteiger partial charge >= 0.3 is 0 Å². The molecule has 1 aromatic heterocycles. The SMILES string of the molecule is CCCCSc1nnc(NC(=O)[C@@H]2CC(=O)N(c3ccc(C)cc3)C2)s1. The van der Waals surface area contributed by atoms with E-state index in [-0.39, 0.29) is 24.2 Å². The fourth-order valence-corrected chi connectivity index (χ4v) is 4.60. The Morgan fingerprint density at radius 3 is 2.85 bits per heavy atom. The van der Waals surface area contributed by atoms with Gasteiger partial charge in [-0.2, -0.15) is 0 Å². The van der Waals surface area contributed by atoms with Crippen LogP contribution in [0.4, 0.5) is 10.8 Å². The van der Waals surface area contributed by atoms with Crippen LogP contribution in [0.15, 0.2) is 28.6 Å². The van der Waals surface area contributed by atoms with Crippen molar-refractivity contribution in [2.75, 3.05) is 22.5 Å². The van der Waals surface area contributed by atoms with Crippen LogP contribution in [-0.2, 0) is 9.59 Å². The molecule has 0 saturated carbocycles. The number of hydrogen-bond acceptors (Lipinski definition) is 6. The molecule has 1 atom stereocenters. The van der Waals surface area contributed by atoms with Gasteiger partial charge < -0.3 is 10.2 Å². The number of carbonyl (C=O) groups is 2. The number of thioether (sulfide) groups is 1. The van der Waals surface area contributed by atoms with Gasteiger partial charge in [-0.15, -0.1) is 10.2 Å². The maximum absolute atomic E-state index is 12.5. The third-order valence-electron chi connectivity index (χ3n) is 4.20. The molecule has 26 heavy (non-hydrogen) atoms. The highest BCUT2D eigenvalue weighted by Gasteiger charge is 2.35. The third-order valence-corrected chi connectivity index (χ3v) is 6.26. The molecule has 138 valence electrons. The Balaban J connectivity index is 1.57. The summed E-state index contributed by atoms with van der Waals surface area (Å²) in [5.41, 5.74) is 1.97. The van der Waals surface area contributed by atoms with Gasteiger partial charge in [-0.3, -0.25) is 9.59 Å². The predicted octanol–water partition coefficient (Wildman–Crippen LogP) is 3.73. The Morgan fingerprint density at radius 1 is 1.35 bits per heavy atom. The number of hydrogen-bond donors (Lipinski definition) is 1. The summed E-state index contributed by atoms with van der Waals surface area (Å²) in [4.78, 5) is 26.5. The van der Waals surface area contributed by atoms with Crippen molar-refractivity contribution in [1.82, 2.24) is 10.2 Å². The van der Waals surface area contributed by atoms with Crippen LogP contribution >= 0.6 is 23.1 Å². The van der Waals surface area contributed by atoms with Gasteiger partial charge in [0.15, 0.2) is 4.34 Å². The summed E-state index contributed by atoms with van der Waals surface area (Å²) in [6.45, 7) is 4.54. The molecule has 2 amide bonds. The maximum atomic E-state index is 12.5. The number of nitrogens with one attached hydrogen (secondary N) is 1. The molecular formula is C18H22N4O2S2. The lowest BCUT2D eigenvalue weighted by atomic mass is 10.1. The Bertz CT molecular complexity index is 776. The van der Waals surface area contributed by atoms with E-state index in [9.17, 15) is 9.59 Å². The second kappa shape index (κ2) is 8.64. The fraction of sp³-hybridized carbons (Fsp3) is 0.444. The summed E-state index contributed by atoms with van der Waals surface area (Å²) >= 11 is 3.04. The van der Waals surface area contributed by atoms with E-state index in [0.29, 0.717) is 11.7 Å². The van der Waals surface area contributed by atoms with Crippen LogP contribution in [0.5, 0.6) is 0 Å². The van der Waals surface area contributed by atoms with Gasteiger partial charge in [0, 0.05) is 24.4 Å². The molecule has 1 aromatic carbocycles. The van der Waals surface area contributed by atoms with Crippen LogP contribution in [0.2, 0.25) is 0 Å². The third kappa shape index (κ3) is 4.62. The van der Waals surface area contributed by atoms with Crippen molar-refractivity contribution in [1.29, 1.82) is 0 Å². The standard InChI is InChI=1S/C18H22N4O2S2/c1-3-4-9-25-18-21-20-17(26-18)19-16(24)13-10-15(23)22(11-13)14-7-5-12(2)6-8-14/h5-8,13H,3-4,9-11H2,1-2H3,(H,19,20,24)/t13-/m1/s1. The number of amides is 2. The number of carbonyl (C=O) groups excluding carboxylic acids is 2. The normalized spacial score (nSPS) is 16.9. The van der Waals surface area contributed by atoms with Crippen LogP contribution in [0, 0.1) is 12.8 Å². The average Bonchev–Trinajstić information content (AvgIpc) is 3.23. The highest BCUT2D eigenvalue weighted by Crippen LogP contribution is 2.29. The Kier molecular flexibility index (Phi) is 6.26. The topological polar surface area (TPSA) is 75.2 Å². The van der Waals surface area contributed by atoms with Crippen molar-refractivity contribution >= 4 is 45.7 Å². The molecule has 0 spiro atoms. The largest absolute Gasteiger partial charge is 0.312 e. The first-order valence-corrected chi connectivity index (χ1v) is 10.5. The Morgan fingerprint density at radius 2 is 2.12 bits per heavy atom. The minimum Gasteiger partial charge on any atom is -0.312 e. The average molecular weight is 391 g/mol. The monoisotopic (exact) mass is 390 g/mol. The fourth-order valence-electron chi connectivity index (χ4n) is 2.69. The lowest BCUT2D eigenvalue weighted by Gasteiger charge is -2.16. The van der Waals surface area contributed by atoms with Gasteiger partial charge in [-0.05, 0) is 25.5 Å². The van der Waals surface area contributed by atoms with E-state index in [1.165, 1.54) is 11.3 Å². The molecule has 1 aliphatic heterocycles. The van der Waals surface area contributed by atoms with E-state index < -0.39 is 0 Å². The van der Waals surface area contributed by atoms with Crippen LogP contribution in [-0.4, -0.2) is 34.3 Å². The van der Waals surface area contributed by atoms with E-state index in [4.69, 9.17) is 0 Å². The molecule has 1 aliphatic rings. The zero-order valence-corrected chi connectivity index (χ0v) is 16.5. The summed E-state index contributed by atoms with van der Waals surface area (Å²) in [6, 6.07) is 7.76. The van der Waals surface area contributed by atoms with Crippen LogP contribution in [0.25, 0.3) is 0 Å². The van der Waals surface area contributed by atoms with Gasteiger partial charge in [0.2, 0.25) is 16.9 Å². The first kappa shape index (κ1) is 18.8. The van der Waals surface area contributed by atoms with E-state index in [1.807, 2.05) is 31.2 Å². The molecular weight excluding hydrogens is 368 g/mol. The van der Waals surface area contributed by atoms with Crippen molar-refractivity contribution in [2.45, 2.75) is 37.4 Å². The number of aromatic nitrogens is 2. The van der Waals surface area contributed by atoms with Crippen molar-refractivity contribution in [2.24, 2.45) is 5.92 Å². The summed E-state index contributed by atoms with van der Waals surface area (Å²) in [6.07, 6.45) is 2.49. The number of anilines is 2. The smallest absolute Gasteiger partial charge is 0.231 e. The number of unbranched alkanes of at least 4 members (excludes halogenated alkanes) is 1. The highest BCUT2D eigenvalue weighted by atomic mass is 32.2. The Hall–Kier alpha value is -1.93. The van der Waals surface area contributed by atoms with Crippen molar-refractivity contribution in [3.8, 4) is 0 Å². The van der Waals surface area contributed by atoms with E-state index in [2.05, 4.69) is 22.4 Å². The zero-order chi connectivity index (χ0) is 18.5. The number of nitrogens with zero attached hydrogens (tertiary/aromatic N) is 3. The summed E-state index contributed by atoms with van der Waals surface area (Å²) in [5, 5.41) is 11.4. The second-order valence-corrected chi connectivity index (χ2v) is 8.62. The summed E-state index contributed by atoms with van der Waals surface area (Å²) in [5.74, 6) is 0.432. The van der Waals surface area contributed by atoms with E-state index in [0.717, 1.165) is 34.2 Å². The lowest BCUT2D eigenvalue weighted by molar-refractivity contribution is -0.122. The van der Waals surface area contributed by atoms with Crippen molar-refractivity contribution < 1.29 is 9.59 Å². The Labute approximate surface area is 161 Å². The molecule has 2 heterocycles. The first-order chi connectivity index (χ1) is 12.6. The number of benzene rings is 1. The highest BCUT2D eigenvalue weighted by molar-refractivity contribution is 8.01. The van der Waals surface area contributed by atoms with Crippen LogP contribution in [0.3, 0.4) is 0 Å². The van der Waals surface area contributed by atoms with Gasteiger partial charge in [-0.25, -0.2) is 0 Å². The number of rotatable bonds is 7. The maximum Gasteiger partial charge on any atom is 0.231 e. The number of aryl methyl sites for hydroxylation is 1. The first-order valence-electron chi connectivity index (χ1n) is 8.71. The molecule has 0 unspecified atom stereocenters. The minimum absolute atomic E-state index is 0.0259. The van der Waals surface area contributed by atoms with Crippen molar-refractivity contribution in [3.05, 3.63) is 29.8 Å². The summed E-state index contributed by atoms with van der Waals surface area (Å²) < 4.78 is 0.859. The molecule has 1 N–H and O–H groups in total. The molecule has 6 nitrogen and oxygen atoms in total. The van der Waals surface area contributed by atoms with Gasteiger partial charge in [0.25, 0.3) is 0 Å². The predicted molar refractivity (Wildman–Crippen MR) is 106 cm³/mol. The zero-order valence-electron chi connectivity index (χ0n) is 14.9. The van der Waals surface area contributed by atoms with E-state index >= 15 is 0 Å². The quantitative estimate of drug-likeness (QED) is 0.443. The van der Waals surface area contributed by atoms with Gasteiger partial charge in [-0.1, -0.05) is 54.1 Å². The van der Waals surface area contributed by atoms with Gasteiger partial charge in [0.1, 0.15) is 0 Å². The van der Waals surface area contributed by atoms with Crippen LogP contribution < -0.4 is 10.2 Å².